The first kappa shape index (κ1) is 17.1. The van der Waals surface area contributed by atoms with Crippen LogP contribution >= 0.6 is 0 Å². The number of hydrogen-bond acceptors (Lipinski definition) is 4. The van der Waals surface area contributed by atoms with Crippen LogP contribution in [0.1, 0.15) is 38.6 Å². The van der Waals surface area contributed by atoms with Gasteiger partial charge in [-0.2, -0.15) is 0 Å². The molecule has 0 spiro atoms. The Labute approximate surface area is 124 Å². The Morgan fingerprint density at radius 1 is 1.38 bits per heavy atom. The molecule has 1 aromatic heterocycles. The van der Waals surface area contributed by atoms with Crippen LogP contribution < -0.4 is 5.32 Å². The molecule has 0 radical (unpaired) electrons. The summed E-state index contributed by atoms with van der Waals surface area (Å²) in [6.45, 7) is 7.25. The molecule has 1 N–H and O–H groups in total. The summed E-state index contributed by atoms with van der Waals surface area (Å²) in [6.07, 6.45) is 4.51. The maximum Gasteiger partial charge on any atom is 0.407 e. The molecule has 1 aromatic rings. The molecule has 21 heavy (non-hydrogen) atoms. The summed E-state index contributed by atoms with van der Waals surface area (Å²) in [6, 6.07) is 0. The van der Waals surface area contributed by atoms with Gasteiger partial charge in [-0.05, 0) is 51.7 Å². The van der Waals surface area contributed by atoms with Crippen LogP contribution in [-0.4, -0.2) is 28.2 Å². The number of rotatable bonds is 5. The zero-order chi connectivity index (χ0) is 15.9. The second kappa shape index (κ2) is 7.71. The smallest absolute Gasteiger partial charge is 0.407 e. The van der Waals surface area contributed by atoms with Crippen LogP contribution in [0.5, 0.6) is 0 Å². The molecule has 0 aliphatic rings. The summed E-state index contributed by atoms with van der Waals surface area (Å²) in [7, 11) is 0. The maximum absolute atomic E-state index is 12.8. The Kier molecular flexibility index (Phi) is 6.27. The van der Waals surface area contributed by atoms with Gasteiger partial charge < -0.3 is 10.1 Å². The molecule has 0 aliphatic carbocycles. The van der Waals surface area contributed by atoms with Gasteiger partial charge in [-0.3, -0.25) is 0 Å². The molecule has 6 heteroatoms. The van der Waals surface area contributed by atoms with E-state index in [4.69, 9.17) is 4.74 Å². The minimum atomic E-state index is -0.567. The zero-order valence-electron chi connectivity index (χ0n) is 12.9. The quantitative estimate of drug-likeness (QED) is 0.906. The van der Waals surface area contributed by atoms with E-state index in [0.717, 1.165) is 5.56 Å². The number of ether oxygens (including phenoxy) is 1. The van der Waals surface area contributed by atoms with E-state index in [1.165, 1.54) is 0 Å². The van der Waals surface area contributed by atoms with Gasteiger partial charge in [-0.25, -0.2) is 19.2 Å². The van der Waals surface area contributed by atoms with E-state index < -0.39 is 11.7 Å². The molecule has 116 valence electrons. The first-order chi connectivity index (χ1) is 9.80. The molecule has 0 fully saturated rings. The third kappa shape index (κ3) is 7.39. The van der Waals surface area contributed by atoms with Gasteiger partial charge in [-0.15, -0.1) is 0 Å². The summed E-state index contributed by atoms with van der Waals surface area (Å²) in [4.78, 5) is 19.7. The average molecular weight is 295 g/mol. The van der Waals surface area contributed by atoms with Crippen molar-refractivity contribution in [3.8, 4) is 0 Å². The number of nitrogens with zero attached hydrogens (tertiary/aromatic N) is 2. The Morgan fingerprint density at radius 2 is 2.00 bits per heavy atom. The van der Waals surface area contributed by atoms with Gasteiger partial charge in [0.15, 0.2) is 0 Å². The van der Waals surface area contributed by atoms with Gasteiger partial charge in [0, 0.05) is 18.9 Å². The van der Waals surface area contributed by atoms with Gasteiger partial charge in [-0.1, -0.05) is 0 Å². The number of alkyl carbamates (subject to hydrolysis) is 1. The van der Waals surface area contributed by atoms with E-state index in [-0.39, 0.29) is 6.54 Å². The molecule has 0 bridgehead atoms. The second-order valence-electron chi connectivity index (χ2n) is 5.76. The monoisotopic (exact) mass is 295 g/mol. The van der Waals surface area contributed by atoms with Crippen LogP contribution in [0.2, 0.25) is 0 Å². The highest BCUT2D eigenvalue weighted by molar-refractivity contribution is 5.68. The molecular formula is C15H22FN3O2. The Hall–Kier alpha value is -1.98. The molecule has 0 atom stereocenters. The van der Waals surface area contributed by atoms with E-state index in [0.29, 0.717) is 30.6 Å². The van der Waals surface area contributed by atoms with Crippen molar-refractivity contribution in [2.24, 2.45) is 0 Å². The average Bonchev–Trinajstić information content (AvgIpc) is 2.39. The third-order valence-corrected chi connectivity index (χ3v) is 2.58. The minimum absolute atomic E-state index is 0.123. The molecule has 5 nitrogen and oxygen atoms in total. The third-order valence-electron chi connectivity index (χ3n) is 2.58. The summed E-state index contributed by atoms with van der Waals surface area (Å²) >= 11 is 0. The fraction of sp³-hybridized carbons (Fsp3) is 0.533. The van der Waals surface area contributed by atoms with Crippen molar-refractivity contribution < 1.29 is 13.9 Å². The highest BCUT2D eigenvalue weighted by atomic mass is 19.1. The van der Waals surface area contributed by atoms with Gasteiger partial charge in [0.05, 0.1) is 6.33 Å². The predicted octanol–water partition coefficient (Wildman–Crippen LogP) is 3.10. The Morgan fingerprint density at radius 3 is 2.52 bits per heavy atom. The lowest BCUT2D eigenvalue weighted by Gasteiger charge is -2.20. The number of halogens is 1. The Bertz CT molecular complexity index is 493. The topological polar surface area (TPSA) is 64.1 Å². The molecule has 0 saturated heterocycles. The lowest BCUT2D eigenvalue weighted by molar-refractivity contribution is 0.0532. The largest absolute Gasteiger partial charge is 0.444 e. The molecule has 1 amide bonds. The first-order valence-electron chi connectivity index (χ1n) is 6.82. The van der Waals surface area contributed by atoms with Gasteiger partial charge in [0.25, 0.3) is 0 Å². The summed E-state index contributed by atoms with van der Waals surface area (Å²) in [5.74, 6) is 0.701. The first-order valence-corrected chi connectivity index (χ1v) is 6.82. The lowest BCUT2D eigenvalue weighted by Crippen LogP contribution is -2.33. The van der Waals surface area contributed by atoms with Gasteiger partial charge in [0.2, 0.25) is 0 Å². The highest BCUT2D eigenvalue weighted by Gasteiger charge is 2.16. The SMILES string of the molecule is Cc1ncc(CC/C(=C/F)CNC(=O)OC(C)(C)C)cn1. The predicted molar refractivity (Wildman–Crippen MR) is 78.5 cm³/mol. The van der Waals surface area contributed by atoms with E-state index >= 15 is 0 Å². The molecule has 1 heterocycles. The number of amides is 1. The second-order valence-corrected chi connectivity index (χ2v) is 5.76. The number of aromatic nitrogens is 2. The van der Waals surface area contributed by atoms with Gasteiger partial charge >= 0.3 is 6.09 Å². The zero-order valence-corrected chi connectivity index (χ0v) is 12.9. The van der Waals surface area contributed by atoms with Crippen molar-refractivity contribution in [3.63, 3.8) is 0 Å². The lowest BCUT2D eigenvalue weighted by atomic mass is 10.1. The molecule has 0 aliphatic heterocycles. The number of aryl methyl sites for hydroxylation is 2. The fourth-order valence-electron chi connectivity index (χ4n) is 1.53. The minimum Gasteiger partial charge on any atom is -0.444 e. The number of carbonyl (C=O) groups excluding carboxylic acids is 1. The van der Waals surface area contributed by atoms with Crippen LogP contribution in [0.3, 0.4) is 0 Å². The fourth-order valence-corrected chi connectivity index (χ4v) is 1.53. The summed E-state index contributed by atoms with van der Waals surface area (Å²) < 4.78 is 17.9. The van der Waals surface area contributed by atoms with Crippen molar-refractivity contribution >= 4 is 6.09 Å². The van der Waals surface area contributed by atoms with E-state index in [1.807, 2.05) is 0 Å². The number of carbonyl (C=O) groups is 1. The van der Waals surface area contributed by atoms with Crippen LogP contribution in [0.4, 0.5) is 9.18 Å². The normalized spacial score (nSPS) is 12.1. The molecule has 0 aromatic carbocycles. The van der Waals surface area contributed by atoms with Crippen molar-refractivity contribution in [1.82, 2.24) is 15.3 Å². The number of nitrogens with one attached hydrogen (secondary N) is 1. The van der Waals surface area contributed by atoms with Crippen LogP contribution in [0.25, 0.3) is 0 Å². The van der Waals surface area contributed by atoms with Crippen molar-refractivity contribution in [3.05, 3.63) is 35.7 Å². The van der Waals surface area contributed by atoms with Crippen LogP contribution in [-0.2, 0) is 11.2 Å². The summed E-state index contributed by atoms with van der Waals surface area (Å²) in [5.41, 5.74) is 0.849. The molecule has 0 saturated carbocycles. The molecule has 0 unspecified atom stereocenters. The maximum atomic E-state index is 12.8. The van der Waals surface area contributed by atoms with Crippen LogP contribution in [0.15, 0.2) is 24.3 Å². The Balaban J connectivity index is 2.39. The molecular weight excluding hydrogens is 273 g/mol. The summed E-state index contributed by atoms with van der Waals surface area (Å²) in [5, 5.41) is 2.53. The van der Waals surface area contributed by atoms with E-state index in [2.05, 4.69) is 15.3 Å². The van der Waals surface area contributed by atoms with Crippen molar-refractivity contribution in [1.29, 1.82) is 0 Å². The van der Waals surface area contributed by atoms with Crippen molar-refractivity contribution in [2.75, 3.05) is 6.54 Å². The highest BCUT2D eigenvalue weighted by Crippen LogP contribution is 2.09. The molecule has 1 rings (SSSR count). The standard InChI is InChI=1S/C15H22FN3O2/c1-11-17-9-13(10-18-11)6-5-12(7-16)8-19-14(20)21-15(2,3)4/h7,9-10H,5-6,8H2,1-4H3,(H,19,20)/b12-7-. The van der Waals surface area contributed by atoms with E-state index in [9.17, 15) is 9.18 Å². The van der Waals surface area contributed by atoms with Crippen LogP contribution in [0, 0.1) is 6.92 Å². The van der Waals surface area contributed by atoms with Crippen molar-refractivity contribution in [2.45, 2.75) is 46.1 Å². The number of hydrogen-bond donors (Lipinski definition) is 1. The van der Waals surface area contributed by atoms with E-state index in [1.54, 1.807) is 40.1 Å². The van der Waals surface area contributed by atoms with Gasteiger partial charge in [0.1, 0.15) is 11.4 Å².